The molecule has 0 fully saturated rings. The van der Waals surface area contributed by atoms with Crippen LogP contribution in [-0.4, -0.2) is 23.7 Å². The van der Waals surface area contributed by atoms with E-state index in [1.54, 1.807) is 13.0 Å². The van der Waals surface area contributed by atoms with Crippen LogP contribution in [0.1, 0.15) is 39.5 Å². The van der Waals surface area contributed by atoms with Crippen LogP contribution in [0.2, 0.25) is 0 Å². The zero-order valence-electron chi connectivity index (χ0n) is 10.6. The summed E-state index contributed by atoms with van der Waals surface area (Å²) in [7, 11) is 0. The van der Waals surface area contributed by atoms with Gasteiger partial charge in [0.2, 0.25) is 0 Å². The molecule has 0 saturated heterocycles. The topological polar surface area (TPSA) is 63.6 Å². The van der Waals surface area contributed by atoms with Crippen molar-refractivity contribution in [2.75, 3.05) is 6.61 Å². The van der Waals surface area contributed by atoms with Gasteiger partial charge in [0.15, 0.2) is 0 Å². The van der Waals surface area contributed by atoms with Crippen molar-refractivity contribution in [3.05, 3.63) is 24.8 Å². The molecular formula is C13H22O4. The normalized spacial score (nSPS) is 9.29. The summed E-state index contributed by atoms with van der Waals surface area (Å²) in [6.45, 7) is 7.56. The third-order valence-electron chi connectivity index (χ3n) is 1.66. The number of allylic oxidation sites excluding steroid dienone is 1. The van der Waals surface area contributed by atoms with Crippen LogP contribution in [0.4, 0.5) is 0 Å². The molecule has 0 radical (unpaired) electrons. The van der Waals surface area contributed by atoms with Crippen molar-refractivity contribution >= 4 is 11.9 Å². The maximum atomic E-state index is 10.8. The van der Waals surface area contributed by atoms with Crippen LogP contribution in [0.5, 0.6) is 0 Å². The number of hydrogen-bond acceptors (Lipinski definition) is 3. The summed E-state index contributed by atoms with van der Waals surface area (Å²) in [4.78, 5) is 20.3. The van der Waals surface area contributed by atoms with Gasteiger partial charge in [-0.15, -0.1) is 0 Å². The fourth-order valence-electron chi connectivity index (χ4n) is 0.886. The standard InChI is InChI=1S/C9H16O2.C4H6O2/c1-3-5-6-7-9(10)11-8-4-2;1-2-3-4(5)6/h4H,2-3,5-8H2,1H3;2-3H,1H3,(H,5,6). The molecule has 0 aliphatic heterocycles. The molecule has 0 aliphatic rings. The van der Waals surface area contributed by atoms with Crippen molar-refractivity contribution in [2.45, 2.75) is 39.5 Å². The van der Waals surface area contributed by atoms with Gasteiger partial charge in [-0.25, -0.2) is 4.79 Å². The molecule has 17 heavy (non-hydrogen) atoms. The number of aliphatic carboxylic acids is 1. The molecule has 0 amide bonds. The predicted octanol–water partition coefficient (Wildman–Crippen LogP) is 2.94. The zero-order valence-corrected chi connectivity index (χ0v) is 10.6. The minimum absolute atomic E-state index is 0.113. The Labute approximate surface area is 103 Å². The first-order valence-electron chi connectivity index (χ1n) is 5.70. The predicted molar refractivity (Wildman–Crippen MR) is 67.7 cm³/mol. The van der Waals surface area contributed by atoms with Gasteiger partial charge in [-0.05, 0) is 13.3 Å². The van der Waals surface area contributed by atoms with E-state index in [1.165, 1.54) is 6.08 Å². The van der Waals surface area contributed by atoms with Crippen LogP contribution >= 0.6 is 0 Å². The summed E-state index contributed by atoms with van der Waals surface area (Å²) in [5, 5.41) is 7.83. The van der Waals surface area contributed by atoms with Crippen LogP contribution in [0, 0.1) is 0 Å². The van der Waals surface area contributed by atoms with E-state index in [0.717, 1.165) is 25.3 Å². The largest absolute Gasteiger partial charge is 0.478 e. The number of rotatable bonds is 7. The van der Waals surface area contributed by atoms with Crippen molar-refractivity contribution < 1.29 is 19.4 Å². The number of carboxylic acid groups (broad SMARTS) is 1. The quantitative estimate of drug-likeness (QED) is 0.322. The molecule has 1 N–H and O–H groups in total. The Balaban J connectivity index is 0. The smallest absolute Gasteiger partial charge is 0.327 e. The summed E-state index contributed by atoms with van der Waals surface area (Å²) in [5.41, 5.74) is 0. The Bertz CT molecular complexity index is 244. The third kappa shape index (κ3) is 20.5. The second-order valence-electron chi connectivity index (χ2n) is 3.27. The van der Waals surface area contributed by atoms with Gasteiger partial charge in [0.05, 0.1) is 0 Å². The zero-order chi connectivity index (χ0) is 13.5. The summed E-state index contributed by atoms with van der Waals surface area (Å²) >= 11 is 0. The molecule has 0 spiro atoms. The van der Waals surface area contributed by atoms with Gasteiger partial charge >= 0.3 is 11.9 Å². The van der Waals surface area contributed by atoms with Crippen molar-refractivity contribution in [1.29, 1.82) is 0 Å². The molecule has 0 aromatic heterocycles. The molecule has 4 nitrogen and oxygen atoms in total. The van der Waals surface area contributed by atoms with Gasteiger partial charge in [-0.2, -0.15) is 0 Å². The molecular weight excluding hydrogens is 220 g/mol. The first-order valence-corrected chi connectivity index (χ1v) is 5.70. The number of hydrogen-bond donors (Lipinski definition) is 1. The SMILES string of the molecule is C=CCOC(=O)CCCCC.CC=CC(=O)O. The first kappa shape index (κ1) is 17.8. The van der Waals surface area contributed by atoms with Gasteiger partial charge in [-0.1, -0.05) is 38.5 Å². The lowest BCUT2D eigenvalue weighted by Gasteiger charge is -1.99. The van der Waals surface area contributed by atoms with Gasteiger partial charge in [0.1, 0.15) is 6.61 Å². The molecule has 0 heterocycles. The van der Waals surface area contributed by atoms with Crippen LogP contribution in [-0.2, 0) is 14.3 Å². The Morgan fingerprint density at radius 2 is 2.00 bits per heavy atom. The highest BCUT2D eigenvalue weighted by Crippen LogP contribution is 1.99. The van der Waals surface area contributed by atoms with Crippen LogP contribution in [0.25, 0.3) is 0 Å². The second-order valence-corrected chi connectivity index (χ2v) is 3.27. The molecule has 0 aliphatic carbocycles. The lowest BCUT2D eigenvalue weighted by molar-refractivity contribution is -0.142. The van der Waals surface area contributed by atoms with E-state index in [9.17, 15) is 9.59 Å². The van der Waals surface area contributed by atoms with E-state index in [1.807, 2.05) is 0 Å². The van der Waals surface area contributed by atoms with Crippen molar-refractivity contribution in [3.8, 4) is 0 Å². The number of carboxylic acids is 1. The van der Waals surface area contributed by atoms with Crippen LogP contribution < -0.4 is 0 Å². The van der Waals surface area contributed by atoms with Crippen molar-refractivity contribution in [1.82, 2.24) is 0 Å². The van der Waals surface area contributed by atoms with Crippen LogP contribution in [0.15, 0.2) is 24.8 Å². The summed E-state index contributed by atoms with van der Waals surface area (Å²) < 4.78 is 4.78. The maximum Gasteiger partial charge on any atom is 0.327 e. The second kappa shape index (κ2) is 14.4. The lowest BCUT2D eigenvalue weighted by atomic mass is 10.2. The Morgan fingerprint density at radius 1 is 1.35 bits per heavy atom. The van der Waals surface area contributed by atoms with Crippen LogP contribution in [0.3, 0.4) is 0 Å². The molecule has 0 unspecified atom stereocenters. The van der Waals surface area contributed by atoms with E-state index < -0.39 is 5.97 Å². The number of esters is 1. The molecule has 0 aromatic rings. The molecule has 0 rings (SSSR count). The Morgan fingerprint density at radius 3 is 2.35 bits per heavy atom. The number of carbonyl (C=O) groups is 2. The van der Waals surface area contributed by atoms with Gasteiger partial charge in [0.25, 0.3) is 0 Å². The molecule has 0 atom stereocenters. The number of carbonyl (C=O) groups excluding carboxylic acids is 1. The van der Waals surface area contributed by atoms with Crippen molar-refractivity contribution in [2.24, 2.45) is 0 Å². The molecule has 0 bridgehead atoms. The van der Waals surface area contributed by atoms with Gasteiger partial charge in [-0.3, -0.25) is 4.79 Å². The maximum absolute atomic E-state index is 10.8. The van der Waals surface area contributed by atoms with Gasteiger partial charge in [0, 0.05) is 12.5 Å². The highest BCUT2D eigenvalue weighted by atomic mass is 16.5. The average Bonchev–Trinajstić information content (AvgIpc) is 2.27. The number of ether oxygens (including phenoxy) is 1. The average molecular weight is 242 g/mol. The molecule has 0 aromatic carbocycles. The monoisotopic (exact) mass is 242 g/mol. The fourth-order valence-corrected chi connectivity index (χ4v) is 0.886. The third-order valence-corrected chi connectivity index (χ3v) is 1.66. The molecule has 0 saturated carbocycles. The van der Waals surface area contributed by atoms with E-state index in [4.69, 9.17) is 9.84 Å². The summed E-state index contributed by atoms with van der Waals surface area (Å²) in [6, 6.07) is 0. The van der Waals surface area contributed by atoms with E-state index in [0.29, 0.717) is 13.0 Å². The highest BCUT2D eigenvalue weighted by molar-refractivity contribution is 5.79. The minimum atomic E-state index is -0.891. The Kier molecular flexibility index (Phi) is 15.1. The first-order chi connectivity index (χ1) is 8.08. The van der Waals surface area contributed by atoms with Gasteiger partial charge < -0.3 is 9.84 Å². The summed E-state index contributed by atoms with van der Waals surface area (Å²) in [6.07, 6.45) is 7.85. The molecule has 98 valence electrons. The molecule has 4 heteroatoms. The van der Waals surface area contributed by atoms with E-state index in [2.05, 4.69) is 13.5 Å². The lowest BCUT2D eigenvalue weighted by Crippen LogP contribution is -2.03. The fraction of sp³-hybridized carbons (Fsp3) is 0.538. The Hall–Kier alpha value is -1.58. The van der Waals surface area contributed by atoms with Crippen molar-refractivity contribution in [3.63, 3.8) is 0 Å². The van der Waals surface area contributed by atoms with E-state index in [-0.39, 0.29) is 5.97 Å². The van der Waals surface area contributed by atoms with E-state index >= 15 is 0 Å². The summed E-state index contributed by atoms with van der Waals surface area (Å²) in [5.74, 6) is -1.00. The highest BCUT2D eigenvalue weighted by Gasteiger charge is 1.99. The minimum Gasteiger partial charge on any atom is -0.478 e. The number of unbranched alkanes of at least 4 members (excludes halogenated alkanes) is 2.